The van der Waals surface area contributed by atoms with Crippen LogP contribution in [-0.2, 0) is 6.42 Å². The molecule has 0 saturated heterocycles. The number of nitrogens with zero attached hydrogens (tertiary/aromatic N) is 1. The standard InChI is InChI=1S/C16H24N2O2/c1-2-17-16-7-5-3-4-6-14(16)12-13-8-10-15(11-9-13)18(19)20/h8-11,14,16-17H,2-7,12H2,1H3. The van der Waals surface area contributed by atoms with Crippen molar-refractivity contribution >= 4 is 5.69 Å². The fraction of sp³-hybridized carbons (Fsp3) is 0.625. The molecule has 1 aliphatic rings. The normalized spacial score (nSPS) is 23.2. The molecule has 2 atom stereocenters. The summed E-state index contributed by atoms with van der Waals surface area (Å²) >= 11 is 0. The minimum Gasteiger partial charge on any atom is -0.314 e. The Morgan fingerprint density at radius 1 is 1.20 bits per heavy atom. The van der Waals surface area contributed by atoms with E-state index in [-0.39, 0.29) is 10.6 Å². The molecule has 0 aromatic heterocycles. The van der Waals surface area contributed by atoms with Crippen LogP contribution >= 0.6 is 0 Å². The minimum absolute atomic E-state index is 0.179. The molecule has 0 radical (unpaired) electrons. The second-order valence-electron chi connectivity index (χ2n) is 5.69. The summed E-state index contributed by atoms with van der Waals surface area (Å²) in [6.07, 6.45) is 7.49. The van der Waals surface area contributed by atoms with Gasteiger partial charge in [0.1, 0.15) is 0 Å². The van der Waals surface area contributed by atoms with Gasteiger partial charge in [0, 0.05) is 18.2 Å². The number of hydrogen-bond donors (Lipinski definition) is 1. The number of nitro benzene ring substituents is 1. The quantitative estimate of drug-likeness (QED) is 0.507. The second-order valence-corrected chi connectivity index (χ2v) is 5.69. The Morgan fingerprint density at radius 2 is 1.90 bits per heavy atom. The van der Waals surface area contributed by atoms with Crippen LogP contribution in [0.4, 0.5) is 5.69 Å². The first kappa shape index (κ1) is 15.0. The molecule has 1 aliphatic carbocycles. The molecule has 2 unspecified atom stereocenters. The lowest BCUT2D eigenvalue weighted by Crippen LogP contribution is -2.36. The predicted octanol–water partition coefficient (Wildman–Crippen LogP) is 3.70. The summed E-state index contributed by atoms with van der Waals surface area (Å²) < 4.78 is 0. The number of nitrogens with one attached hydrogen (secondary N) is 1. The first-order valence-electron chi connectivity index (χ1n) is 7.67. The van der Waals surface area contributed by atoms with E-state index in [1.807, 2.05) is 12.1 Å². The molecule has 0 aliphatic heterocycles. The highest BCUT2D eigenvalue weighted by atomic mass is 16.6. The van der Waals surface area contributed by atoms with Crippen molar-refractivity contribution in [1.82, 2.24) is 5.32 Å². The SMILES string of the molecule is CCNC1CCCCCC1Cc1ccc([N+](=O)[O-])cc1. The van der Waals surface area contributed by atoms with Gasteiger partial charge >= 0.3 is 0 Å². The molecule has 0 spiro atoms. The number of rotatable bonds is 5. The van der Waals surface area contributed by atoms with Gasteiger partial charge in [-0.15, -0.1) is 0 Å². The molecule has 4 heteroatoms. The molecule has 20 heavy (non-hydrogen) atoms. The van der Waals surface area contributed by atoms with E-state index in [0.717, 1.165) is 13.0 Å². The van der Waals surface area contributed by atoms with Crippen molar-refractivity contribution in [2.24, 2.45) is 5.92 Å². The van der Waals surface area contributed by atoms with Gasteiger partial charge in [-0.25, -0.2) is 0 Å². The van der Waals surface area contributed by atoms with Crippen molar-refractivity contribution in [2.45, 2.75) is 51.5 Å². The van der Waals surface area contributed by atoms with E-state index < -0.39 is 0 Å². The van der Waals surface area contributed by atoms with Gasteiger partial charge in [-0.1, -0.05) is 38.3 Å². The van der Waals surface area contributed by atoms with Crippen molar-refractivity contribution in [3.05, 3.63) is 39.9 Å². The topological polar surface area (TPSA) is 55.2 Å². The summed E-state index contributed by atoms with van der Waals surface area (Å²) in [5, 5.41) is 14.3. The van der Waals surface area contributed by atoms with Crippen molar-refractivity contribution in [3.8, 4) is 0 Å². The van der Waals surface area contributed by atoms with Gasteiger partial charge in [-0.2, -0.15) is 0 Å². The van der Waals surface area contributed by atoms with Gasteiger partial charge in [0.25, 0.3) is 5.69 Å². The first-order valence-corrected chi connectivity index (χ1v) is 7.67. The number of hydrogen-bond acceptors (Lipinski definition) is 3. The summed E-state index contributed by atoms with van der Waals surface area (Å²) in [5.74, 6) is 0.652. The lowest BCUT2D eigenvalue weighted by Gasteiger charge is -2.26. The predicted molar refractivity (Wildman–Crippen MR) is 80.8 cm³/mol. The Morgan fingerprint density at radius 3 is 2.55 bits per heavy atom. The molecule has 0 heterocycles. The fourth-order valence-corrected chi connectivity index (χ4v) is 3.22. The Kier molecular flexibility index (Phi) is 5.53. The van der Waals surface area contributed by atoms with Gasteiger partial charge in [0.2, 0.25) is 0 Å². The van der Waals surface area contributed by atoms with Gasteiger partial charge in [0.15, 0.2) is 0 Å². The fourth-order valence-electron chi connectivity index (χ4n) is 3.22. The average molecular weight is 276 g/mol. The van der Waals surface area contributed by atoms with Gasteiger partial charge < -0.3 is 5.32 Å². The molecule has 1 aromatic rings. The maximum Gasteiger partial charge on any atom is 0.269 e. The van der Waals surface area contributed by atoms with Crippen molar-refractivity contribution < 1.29 is 4.92 Å². The van der Waals surface area contributed by atoms with E-state index in [1.54, 1.807) is 12.1 Å². The second kappa shape index (κ2) is 7.39. The molecular weight excluding hydrogens is 252 g/mol. The summed E-state index contributed by atoms with van der Waals surface area (Å²) in [6, 6.07) is 7.65. The Balaban J connectivity index is 2.03. The maximum absolute atomic E-state index is 10.7. The van der Waals surface area contributed by atoms with E-state index >= 15 is 0 Å². The highest BCUT2D eigenvalue weighted by Gasteiger charge is 2.23. The van der Waals surface area contributed by atoms with Crippen molar-refractivity contribution in [3.63, 3.8) is 0 Å². The van der Waals surface area contributed by atoms with Gasteiger partial charge in [-0.05, 0) is 37.3 Å². The summed E-state index contributed by atoms with van der Waals surface area (Å²) in [7, 11) is 0. The molecule has 110 valence electrons. The molecule has 1 N–H and O–H groups in total. The molecule has 0 bridgehead atoms. The molecule has 0 amide bonds. The van der Waals surface area contributed by atoms with Gasteiger partial charge in [0.05, 0.1) is 4.92 Å². The lowest BCUT2D eigenvalue weighted by molar-refractivity contribution is -0.384. The van der Waals surface area contributed by atoms with Crippen molar-refractivity contribution in [1.29, 1.82) is 0 Å². The zero-order chi connectivity index (χ0) is 14.4. The highest BCUT2D eigenvalue weighted by molar-refractivity contribution is 5.33. The van der Waals surface area contributed by atoms with Gasteiger partial charge in [-0.3, -0.25) is 10.1 Å². The van der Waals surface area contributed by atoms with E-state index in [0.29, 0.717) is 12.0 Å². The van der Waals surface area contributed by atoms with E-state index in [2.05, 4.69) is 12.2 Å². The Labute approximate surface area is 120 Å². The smallest absolute Gasteiger partial charge is 0.269 e. The molecule has 1 fully saturated rings. The van der Waals surface area contributed by atoms with Crippen LogP contribution in [0.15, 0.2) is 24.3 Å². The summed E-state index contributed by atoms with van der Waals surface area (Å²) in [6.45, 7) is 3.18. The molecular formula is C16H24N2O2. The summed E-state index contributed by atoms with van der Waals surface area (Å²) in [5.41, 5.74) is 1.39. The highest BCUT2D eigenvalue weighted by Crippen LogP contribution is 2.27. The molecule has 2 rings (SSSR count). The third-order valence-electron chi connectivity index (χ3n) is 4.27. The zero-order valence-electron chi connectivity index (χ0n) is 12.2. The number of non-ortho nitro benzene ring substituents is 1. The number of benzene rings is 1. The minimum atomic E-state index is -0.336. The Bertz CT molecular complexity index is 431. The average Bonchev–Trinajstić information content (AvgIpc) is 2.66. The third kappa shape index (κ3) is 4.04. The zero-order valence-corrected chi connectivity index (χ0v) is 12.2. The van der Waals surface area contributed by atoms with Crippen LogP contribution in [0, 0.1) is 16.0 Å². The molecule has 4 nitrogen and oxygen atoms in total. The van der Waals surface area contributed by atoms with Crippen LogP contribution in [0.3, 0.4) is 0 Å². The van der Waals surface area contributed by atoms with Crippen LogP contribution in [-0.4, -0.2) is 17.5 Å². The van der Waals surface area contributed by atoms with E-state index in [4.69, 9.17) is 0 Å². The van der Waals surface area contributed by atoms with E-state index in [1.165, 1.54) is 37.7 Å². The van der Waals surface area contributed by atoms with Crippen LogP contribution in [0.5, 0.6) is 0 Å². The maximum atomic E-state index is 10.7. The molecule has 1 aromatic carbocycles. The van der Waals surface area contributed by atoms with Crippen molar-refractivity contribution in [2.75, 3.05) is 6.54 Å². The largest absolute Gasteiger partial charge is 0.314 e. The van der Waals surface area contributed by atoms with Crippen LogP contribution in [0.2, 0.25) is 0 Å². The van der Waals surface area contributed by atoms with E-state index in [9.17, 15) is 10.1 Å². The van der Waals surface area contributed by atoms with Crippen LogP contribution in [0.25, 0.3) is 0 Å². The monoisotopic (exact) mass is 276 g/mol. The van der Waals surface area contributed by atoms with Crippen LogP contribution in [0.1, 0.15) is 44.6 Å². The summed E-state index contributed by atoms with van der Waals surface area (Å²) in [4.78, 5) is 10.3. The third-order valence-corrected chi connectivity index (χ3v) is 4.27. The van der Waals surface area contributed by atoms with Crippen LogP contribution < -0.4 is 5.32 Å². The number of nitro groups is 1. The Hall–Kier alpha value is -1.42. The molecule has 1 saturated carbocycles. The first-order chi connectivity index (χ1) is 9.70. The lowest BCUT2D eigenvalue weighted by atomic mass is 9.88.